The van der Waals surface area contributed by atoms with E-state index in [1.165, 1.54) is 0 Å². The lowest BCUT2D eigenvalue weighted by atomic mass is 10.1. The zero-order valence-electron chi connectivity index (χ0n) is 11.9. The summed E-state index contributed by atoms with van der Waals surface area (Å²) in [6.07, 6.45) is 5.45. The summed E-state index contributed by atoms with van der Waals surface area (Å²) in [7, 11) is 0. The first-order valence-corrected chi connectivity index (χ1v) is 7.84. The van der Waals surface area contributed by atoms with E-state index in [1.54, 1.807) is 0 Å². The molecule has 0 amide bonds. The van der Waals surface area contributed by atoms with Gasteiger partial charge >= 0.3 is 0 Å². The summed E-state index contributed by atoms with van der Waals surface area (Å²) >= 11 is 11.8. The number of allylic oxidation sites excluding steroid dienone is 2. The largest absolute Gasteiger partial charge is 0.289 e. The molecule has 110 valence electrons. The maximum Gasteiger partial charge on any atom is 0.185 e. The lowest BCUT2D eigenvalue weighted by Gasteiger charge is -1.98. The number of hydrogen-bond acceptors (Lipinski definition) is 1. The third-order valence-electron chi connectivity index (χ3n) is 3.67. The fourth-order valence-electron chi connectivity index (χ4n) is 2.50. The maximum absolute atomic E-state index is 12.5. The first kappa shape index (κ1) is 15.1. The Labute approximate surface area is 139 Å². The smallest absolute Gasteiger partial charge is 0.185 e. The van der Waals surface area contributed by atoms with E-state index < -0.39 is 0 Å². The van der Waals surface area contributed by atoms with Gasteiger partial charge in [0.2, 0.25) is 0 Å². The quantitative estimate of drug-likeness (QED) is 0.634. The van der Waals surface area contributed by atoms with E-state index in [9.17, 15) is 4.79 Å². The lowest BCUT2D eigenvalue weighted by molar-refractivity contribution is -0.111. The molecule has 22 heavy (non-hydrogen) atoms. The highest BCUT2D eigenvalue weighted by molar-refractivity contribution is 6.30. The molecule has 0 atom stereocenters. The SMILES string of the molecule is O=C1/C(=C\c2ccc(Cl)cc2)CC/C1=C/c1ccc(Cl)cc1. The molecular formula is C19H14Cl2O. The van der Waals surface area contributed by atoms with Gasteiger partial charge in [-0.15, -0.1) is 0 Å². The molecule has 0 unspecified atom stereocenters. The van der Waals surface area contributed by atoms with Gasteiger partial charge in [-0.05, 0) is 60.4 Å². The van der Waals surface area contributed by atoms with Crippen LogP contribution in [0.1, 0.15) is 24.0 Å². The van der Waals surface area contributed by atoms with Crippen molar-refractivity contribution >= 4 is 41.1 Å². The molecule has 0 aliphatic heterocycles. The standard InChI is InChI=1S/C19H14Cl2O/c20-17-7-1-13(2-8-17)11-15-5-6-16(19(15)22)12-14-3-9-18(21)10-4-14/h1-4,7-12H,5-6H2/b15-11-,16-12-. The molecule has 1 aliphatic rings. The molecule has 2 aromatic rings. The second-order valence-electron chi connectivity index (χ2n) is 5.27. The minimum absolute atomic E-state index is 0.130. The Morgan fingerprint density at radius 3 is 1.41 bits per heavy atom. The average Bonchev–Trinajstić information content (AvgIpc) is 2.85. The number of ketones is 1. The highest BCUT2D eigenvalue weighted by Gasteiger charge is 2.22. The van der Waals surface area contributed by atoms with Gasteiger partial charge in [0.15, 0.2) is 5.78 Å². The molecule has 1 saturated carbocycles. The van der Waals surface area contributed by atoms with E-state index in [1.807, 2.05) is 60.7 Å². The van der Waals surface area contributed by atoms with Crippen molar-refractivity contribution in [2.24, 2.45) is 0 Å². The van der Waals surface area contributed by atoms with E-state index in [0.29, 0.717) is 10.0 Å². The molecule has 1 aliphatic carbocycles. The van der Waals surface area contributed by atoms with Crippen molar-refractivity contribution in [3.8, 4) is 0 Å². The number of halogens is 2. The van der Waals surface area contributed by atoms with Gasteiger partial charge in [0, 0.05) is 21.2 Å². The van der Waals surface area contributed by atoms with E-state index in [0.717, 1.165) is 35.1 Å². The molecule has 0 spiro atoms. The second kappa shape index (κ2) is 6.51. The molecule has 1 nitrogen and oxygen atoms in total. The number of rotatable bonds is 2. The van der Waals surface area contributed by atoms with Crippen molar-refractivity contribution in [1.82, 2.24) is 0 Å². The van der Waals surface area contributed by atoms with Crippen LogP contribution in [0.5, 0.6) is 0 Å². The third kappa shape index (κ3) is 3.49. The summed E-state index contributed by atoms with van der Waals surface area (Å²) < 4.78 is 0. The Morgan fingerprint density at radius 1 is 0.682 bits per heavy atom. The van der Waals surface area contributed by atoms with Crippen LogP contribution < -0.4 is 0 Å². The van der Waals surface area contributed by atoms with E-state index in [-0.39, 0.29) is 5.78 Å². The summed E-state index contributed by atoms with van der Waals surface area (Å²) in [6, 6.07) is 15.0. The van der Waals surface area contributed by atoms with Crippen LogP contribution >= 0.6 is 23.2 Å². The van der Waals surface area contributed by atoms with Gasteiger partial charge < -0.3 is 0 Å². The predicted molar refractivity (Wildman–Crippen MR) is 93.1 cm³/mol. The average molecular weight is 329 g/mol. The summed E-state index contributed by atoms with van der Waals surface area (Å²) in [5.74, 6) is 0.130. The molecule has 2 aromatic carbocycles. The Balaban J connectivity index is 1.82. The number of hydrogen-bond donors (Lipinski definition) is 0. The third-order valence-corrected chi connectivity index (χ3v) is 4.17. The van der Waals surface area contributed by atoms with Crippen molar-refractivity contribution in [3.63, 3.8) is 0 Å². The van der Waals surface area contributed by atoms with E-state index in [2.05, 4.69) is 0 Å². The molecule has 3 rings (SSSR count). The minimum Gasteiger partial charge on any atom is -0.289 e. The minimum atomic E-state index is 0.130. The van der Waals surface area contributed by atoms with Crippen LogP contribution in [-0.2, 0) is 4.79 Å². The Bertz CT molecular complexity index is 688. The summed E-state index contributed by atoms with van der Waals surface area (Å²) in [5, 5.41) is 1.39. The zero-order chi connectivity index (χ0) is 15.5. The molecule has 0 bridgehead atoms. The van der Waals surface area contributed by atoms with Crippen LogP contribution in [0, 0.1) is 0 Å². The predicted octanol–water partition coefficient (Wildman–Crippen LogP) is 5.82. The van der Waals surface area contributed by atoms with Gasteiger partial charge in [-0.25, -0.2) is 0 Å². The fourth-order valence-corrected chi connectivity index (χ4v) is 2.75. The number of benzene rings is 2. The lowest BCUT2D eigenvalue weighted by Crippen LogP contribution is -1.95. The van der Waals surface area contributed by atoms with Gasteiger partial charge in [0.25, 0.3) is 0 Å². The molecule has 0 heterocycles. The summed E-state index contributed by atoms with van der Waals surface area (Å²) in [4.78, 5) is 12.5. The molecule has 0 saturated heterocycles. The van der Waals surface area contributed by atoms with Crippen molar-refractivity contribution in [3.05, 3.63) is 80.8 Å². The molecule has 3 heteroatoms. The normalized spacial score (nSPS) is 18.4. The van der Waals surface area contributed by atoms with Crippen LogP contribution in [0.2, 0.25) is 10.0 Å². The van der Waals surface area contributed by atoms with E-state index in [4.69, 9.17) is 23.2 Å². The first-order valence-electron chi connectivity index (χ1n) is 7.09. The molecular weight excluding hydrogens is 315 g/mol. The molecule has 0 radical (unpaired) electrons. The van der Waals surface area contributed by atoms with Gasteiger partial charge in [0.05, 0.1) is 0 Å². The highest BCUT2D eigenvalue weighted by Crippen LogP contribution is 2.29. The van der Waals surface area contributed by atoms with Gasteiger partial charge in [0.1, 0.15) is 0 Å². The first-order chi connectivity index (χ1) is 10.6. The summed E-state index contributed by atoms with van der Waals surface area (Å²) in [5.41, 5.74) is 3.70. The Hall–Kier alpha value is -1.83. The van der Waals surface area contributed by atoms with E-state index >= 15 is 0 Å². The Kier molecular flexibility index (Phi) is 4.47. The van der Waals surface area contributed by atoms with Crippen LogP contribution in [-0.4, -0.2) is 5.78 Å². The number of carbonyl (C=O) groups excluding carboxylic acids is 1. The van der Waals surface area contributed by atoms with Gasteiger partial charge in [-0.1, -0.05) is 47.5 Å². The molecule has 1 fully saturated rings. The zero-order valence-corrected chi connectivity index (χ0v) is 13.4. The van der Waals surface area contributed by atoms with Crippen molar-refractivity contribution in [1.29, 1.82) is 0 Å². The van der Waals surface area contributed by atoms with Crippen LogP contribution in [0.15, 0.2) is 59.7 Å². The van der Waals surface area contributed by atoms with Gasteiger partial charge in [-0.2, -0.15) is 0 Å². The molecule has 0 N–H and O–H groups in total. The van der Waals surface area contributed by atoms with Crippen LogP contribution in [0.25, 0.3) is 12.2 Å². The van der Waals surface area contributed by atoms with Crippen LogP contribution in [0.4, 0.5) is 0 Å². The second-order valence-corrected chi connectivity index (χ2v) is 6.14. The highest BCUT2D eigenvalue weighted by atomic mass is 35.5. The number of Topliss-reactive ketones (excluding diaryl/α,β-unsaturated/α-hetero) is 1. The van der Waals surface area contributed by atoms with Crippen molar-refractivity contribution in [2.75, 3.05) is 0 Å². The van der Waals surface area contributed by atoms with Gasteiger partial charge in [-0.3, -0.25) is 4.79 Å². The summed E-state index contributed by atoms with van der Waals surface area (Å²) in [6.45, 7) is 0. The topological polar surface area (TPSA) is 17.1 Å². The number of carbonyl (C=O) groups is 1. The monoisotopic (exact) mass is 328 g/mol. The van der Waals surface area contributed by atoms with Crippen molar-refractivity contribution in [2.45, 2.75) is 12.8 Å². The fraction of sp³-hybridized carbons (Fsp3) is 0.105. The Morgan fingerprint density at radius 2 is 1.05 bits per heavy atom. The molecule has 0 aromatic heterocycles. The maximum atomic E-state index is 12.5. The van der Waals surface area contributed by atoms with Crippen LogP contribution in [0.3, 0.4) is 0 Å². The van der Waals surface area contributed by atoms with Crippen molar-refractivity contribution < 1.29 is 4.79 Å².